The molecular formula is C14H23N3O2S. The standard InChI is InChI=1S/C14H23N3O2S/c1-3-14-16-10(2)12(20-14)7-15-13(19)9-17-6-4-5-11(18)8-17/h11,18H,3-9H2,1-2H3,(H,15,19)/t11-/m1/s1. The van der Waals surface area contributed by atoms with Gasteiger partial charge in [0.15, 0.2) is 0 Å². The number of likely N-dealkylation sites (tertiary alicyclic amines) is 1. The summed E-state index contributed by atoms with van der Waals surface area (Å²) in [5.41, 5.74) is 1.01. The molecule has 1 aromatic rings. The molecule has 6 heteroatoms. The number of nitrogens with zero attached hydrogens (tertiary/aromatic N) is 2. The van der Waals surface area contributed by atoms with Crippen molar-refractivity contribution in [2.75, 3.05) is 19.6 Å². The molecule has 5 nitrogen and oxygen atoms in total. The maximum Gasteiger partial charge on any atom is 0.234 e. The number of amides is 1. The Hall–Kier alpha value is -0.980. The summed E-state index contributed by atoms with van der Waals surface area (Å²) < 4.78 is 0. The highest BCUT2D eigenvalue weighted by atomic mass is 32.1. The molecule has 2 heterocycles. The monoisotopic (exact) mass is 297 g/mol. The summed E-state index contributed by atoms with van der Waals surface area (Å²) in [5.74, 6) is 0.0185. The van der Waals surface area contributed by atoms with Gasteiger partial charge in [-0.15, -0.1) is 11.3 Å². The number of nitrogens with one attached hydrogen (secondary N) is 1. The highest BCUT2D eigenvalue weighted by Crippen LogP contribution is 2.18. The first kappa shape index (κ1) is 15.4. The molecular weight excluding hydrogens is 274 g/mol. The Morgan fingerprint density at radius 2 is 2.40 bits per heavy atom. The van der Waals surface area contributed by atoms with Crippen LogP contribution in [0.2, 0.25) is 0 Å². The van der Waals surface area contributed by atoms with Crippen molar-refractivity contribution in [3.8, 4) is 0 Å². The molecule has 0 unspecified atom stereocenters. The van der Waals surface area contributed by atoms with Crippen LogP contribution >= 0.6 is 11.3 Å². The lowest BCUT2D eigenvalue weighted by Gasteiger charge is -2.29. The van der Waals surface area contributed by atoms with E-state index in [1.165, 1.54) is 0 Å². The first-order valence-corrected chi connectivity index (χ1v) is 8.02. The van der Waals surface area contributed by atoms with Gasteiger partial charge in [0, 0.05) is 11.4 Å². The van der Waals surface area contributed by atoms with Gasteiger partial charge in [-0.3, -0.25) is 9.69 Å². The van der Waals surface area contributed by atoms with Crippen LogP contribution in [0.15, 0.2) is 0 Å². The third-order valence-electron chi connectivity index (χ3n) is 3.53. The zero-order valence-electron chi connectivity index (χ0n) is 12.2. The summed E-state index contributed by atoms with van der Waals surface area (Å²) in [6.45, 7) is 6.49. The molecule has 1 amide bonds. The van der Waals surface area contributed by atoms with E-state index in [4.69, 9.17) is 0 Å². The van der Waals surface area contributed by atoms with E-state index in [0.29, 0.717) is 19.6 Å². The van der Waals surface area contributed by atoms with E-state index in [2.05, 4.69) is 17.2 Å². The SMILES string of the molecule is CCc1nc(C)c(CNC(=O)CN2CCC[C@@H](O)C2)s1. The van der Waals surface area contributed by atoms with Gasteiger partial charge in [-0.2, -0.15) is 0 Å². The van der Waals surface area contributed by atoms with Crippen LogP contribution in [0.25, 0.3) is 0 Å². The zero-order valence-corrected chi connectivity index (χ0v) is 13.0. The predicted octanol–water partition coefficient (Wildman–Crippen LogP) is 1.09. The van der Waals surface area contributed by atoms with Gasteiger partial charge in [-0.1, -0.05) is 6.92 Å². The molecule has 1 saturated heterocycles. The molecule has 1 atom stereocenters. The fourth-order valence-electron chi connectivity index (χ4n) is 2.42. The second-order valence-corrected chi connectivity index (χ2v) is 6.45. The molecule has 0 saturated carbocycles. The number of β-amino-alcohol motifs (C(OH)–C–C–N with tert-alkyl or cyclic N) is 1. The normalized spacial score (nSPS) is 20.1. The van der Waals surface area contributed by atoms with Gasteiger partial charge >= 0.3 is 0 Å². The van der Waals surface area contributed by atoms with Crippen LogP contribution in [0.4, 0.5) is 0 Å². The first-order valence-electron chi connectivity index (χ1n) is 7.20. The average Bonchev–Trinajstić information content (AvgIpc) is 2.77. The molecule has 112 valence electrons. The largest absolute Gasteiger partial charge is 0.392 e. The minimum absolute atomic E-state index is 0.0185. The topological polar surface area (TPSA) is 65.5 Å². The van der Waals surface area contributed by atoms with Crippen LogP contribution < -0.4 is 5.32 Å². The third-order valence-corrected chi connectivity index (χ3v) is 4.84. The van der Waals surface area contributed by atoms with Gasteiger partial charge < -0.3 is 10.4 Å². The quantitative estimate of drug-likeness (QED) is 0.854. The van der Waals surface area contributed by atoms with Gasteiger partial charge in [0.1, 0.15) is 0 Å². The Bertz CT molecular complexity index is 461. The number of aliphatic hydroxyl groups excluding tert-OH is 1. The Labute approximate surface area is 124 Å². The van der Waals surface area contributed by atoms with Crippen molar-refractivity contribution < 1.29 is 9.90 Å². The Morgan fingerprint density at radius 1 is 1.60 bits per heavy atom. The van der Waals surface area contributed by atoms with Gasteiger partial charge in [-0.25, -0.2) is 4.98 Å². The number of rotatable bonds is 5. The number of aliphatic hydroxyl groups is 1. The highest BCUT2D eigenvalue weighted by Gasteiger charge is 2.19. The summed E-state index contributed by atoms with van der Waals surface area (Å²) >= 11 is 1.67. The predicted molar refractivity (Wildman–Crippen MR) is 79.8 cm³/mol. The lowest BCUT2D eigenvalue weighted by molar-refractivity contribution is -0.123. The van der Waals surface area contributed by atoms with Crippen molar-refractivity contribution in [1.82, 2.24) is 15.2 Å². The molecule has 1 aromatic heterocycles. The summed E-state index contributed by atoms with van der Waals surface area (Å²) in [6.07, 6.45) is 2.46. The van der Waals surface area contributed by atoms with Gasteiger partial charge in [-0.05, 0) is 32.7 Å². The van der Waals surface area contributed by atoms with Crippen LogP contribution in [-0.2, 0) is 17.8 Å². The molecule has 2 rings (SSSR count). The van der Waals surface area contributed by atoms with Crippen LogP contribution in [0.3, 0.4) is 0 Å². The third kappa shape index (κ3) is 4.26. The smallest absolute Gasteiger partial charge is 0.234 e. The van der Waals surface area contributed by atoms with Crippen molar-refractivity contribution in [3.05, 3.63) is 15.6 Å². The number of carbonyl (C=O) groups excluding carboxylic acids is 1. The van der Waals surface area contributed by atoms with Crippen molar-refractivity contribution >= 4 is 17.2 Å². The lowest BCUT2D eigenvalue weighted by atomic mass is 10.1. The number of hydrogen-bond donors (Lipinski definition) is 2. The Kier molecular flexibility index (Phi) is 5.51. The molecule has 0 bridgehead atoms. The molecule has 2 N–H and O–H groups in total. The van der Waals surface area contributed by atoms with E-state index >= 15 is 0 Å². The fraction of sp³-hybridized carbons (Fsp3) is 0.714. The Morgan fingerprint density at radius 3 is 3.05 bits per heavy atom. The summed E-state index contributed by atoms with van der Waals surface area (Å²) in [5, 5.41) is 13.7. The molecule has 1 fully saturated rings. The van der Waals surface area contributed by atoms with Crippen molar-refractivity contribution in [2.45, 2.75) is 45.8 Å². The van der Waals surface area contributed by atoms with E-state index in [0.717, 1.165) is 41.4 Å². The van der Waals surface area contributed by atoms with E-state index in [-0.39, 0.29) is 12.0 Å². The molecule has 1 aliphatic rings. The number of hydrogen-bond acceptors (Lipinski definition) is 5. The van der Waals surface area contributed by atoms with Gasteiger partial charge in [0.2, 0.25) is 5.91 Å². The number of piperidine rings is 1. The van der Waals surface area contributed by atoms with Gasteiger partial charge in [0.25, 0.3) is 0 Å². The van der Waals surface area contributed by atoms with Crippen LogP contribution in [0, 0.1) is 6.92 Å². The van der Waals surface area contributed by atoms with E-state index in [1.807, 2.05) is 11.8 Å². The van der Waals surface area contributed by atoms with Crippen molar-refractivity contribution in [1.29, 1.82) is 0 Å². The van der Waals surface area contributed by atoms with E-state index in [1.54, 1.807) is 11.3 Å². The number of thiazole rings is 1. The fourth-order valence-corrected chi connectivity index (χ4v) is 3.37. The zero-order chi connectivity index (χ0) is 14.5. The average molecular weight is 297 g/mol. The highest BCUT2D eigenvalue weighted by molar-refractivity contribution is 7.11. The Balaban J connectivity index is 1.78. The second kappa shape index (κ2) is 7.15. The van der Waals surface area contributed by atoms with Crippen LogP contribution in [0.1, 0.15) is 35.3 Å². The van der Waals surface area contributed by atoms with Crippen LogP contribution in [-0.4, -0.2) is 46.6 Å². The second-order valence-electron chi connectivity index (χ2n) is 5.28. The van der Waals surface area contributed by atoms with Crippen LogP contribution in [0.5, 0.6) is 0 Å². The summed E-state index contributed by atoms with van der Waals surface area (Å²) in [7, 11) is 0. The van der Waals surface area contributed by atoms with E-state index in [9.17, 15) is 9.90 Å². The molecule has 1 aliphatic heterocycles. The van der Waals surface area contributed by atoms with Crippen molar-refractivity contribution in [3.63, 3.8) is 0 Å². The summed E-state index contributed by atoms with van der Waals surface area (Å²) in [6, 6.07) is 0. The van der Waals surface area contributed by atoms with Gasteiger partial charge in [0.05, 0.1) is 29.9 Å². The minimum Gasteiger partial charge on any atom is -0.392 e. The molecule has 0 radical (unpaired) electrons. The maximum atomic E-state index is 11.9. The summed E-state index contributed by atoms with van der Waals surface area (Å²) in [4.78, 5) is 19.5. The van der Waals surface area contributed by atoms with Crippen molar-refractivity contribution in [2.24, 2.45) is 0 Å². The minimum atomic E-state index is -0.285. The lowest BCUT2D eigenvalue weighted by Crippen LogP contribution is -2.44. The number of aryl methyl sites for hydroxylation is 2. The maximum absolute atomic E-state index is 11.9. The van der Waals surface area contributed by atoms with E-state index < -0.39 is 0 Å². The molecule has 0 spiro atoms. The first-order chi connectivity index (χ1) is 9.58. The number of carbonyl (C=O) groups is 1. The number of aromatic nitrogens is 1. The molecule has 0 aliphatic carbocycles. The molecule has 20 heavy (non-hydrogen) atoms. The molecule has 0 aromatic carbocycles.